The molecule has 0 amide bonds. The SMILES string of the molecule is CCNCc1cc(S(=O)(=O)NCc2cc(Br)cs2)cn1C. The van der Waals surface area contributed by atoms with Crippen LogP contribution in [0.25, 0.3) is 0 Å². The van der Waals surface area contributed by atoms with Gasteiger partial charge in [-0.3, -0.25) is 0 Å². The Bertz CT molecular complexity index is 707. The zero-order chi connectivity index (χ0) is 15.5. The van der Waals surface area contributed by atoms with Crippen LogP contribution >= 0.6 is 27.3 Å². The Morgan fingerprint density at radius 2 is 2.10 bits per heavy atom. The molecular weight excluding hydrogens is 374 g/mol. The van der Waals surface area contributed by atoms with E-state index in [4.69, 9.17) is 0 Å². The van der Waals surface area contributed by atoms with Crippen LogP contribution < -0.4 is 10.0 Å². The van der Waals surface area contributed by atoms with Crippen LogP contribution in [0.4, 0.5) is 0 Å². The lowest BCUT2D eigenvalue weighted by atomic mass is 10.4. The number of aryl methyl sites for hydroxylation is 1. The van der Waals surface area contributed by atoms with Crippen LogP contribution in [0.5, 0.6) is 0 Å². The van der Waals surface area contributed by atoms with Gasteiger partial charge in [0.05, 0.1) is 4.90 Å². The summed E-state index contributed by atoms with van der Waals surface area (Å²) in [6.07, 6.45) is 1.64. The van der Waals surface area contributed by atoms with Gasteiger partial charge in [0.25, 0.3) is 0 Å². The maximum absolute atomic E-state index is 12.3. The van der Waals surface area contributed by atoms with E-state index >= 15 is 0 Å². The molecule has 2 aromatic heterocycles. The molecule has 0 aromatic carbocycles. The predicted molar refractivity (Wildman–Crippen MR) is 88.8 cm³/mol. The topological polar surface area (TPSA) is 63.1 Å². The summed E-state index contributed by atoms with van der Waals surface area (Å²) in [5.41, 5.74) is 0.941. The fraction of sp³-hybridized carbons (Fsp3) is 0.385. The molecule has 0 spiro atoms. The molecule has 0 unspecified atom stereocenters. The number of hydrogen-bond donors (Lipinski definition) is 2. The Labute approximate surface area is 137 Å². The fourth-order valence-corrected chi connectivity index (χ4v) is 4.43. The summed E-state index contributed by atoms with van der Waals surface area (Å²) >= 11 is 4.87. The van der Waals surface area contributed by atoms with E-state index in [2.05, 4.69) is 26.0 Å². The molecular formula is C13H18BrN3O2S2. The first kappa shape index (κ1) is 16.7. The third kappa shape index (κ3) is 4.40. The van der Waals surface area contributed by atoms with Crippen LogP contribution in [0.15, 0.2) is 33.1 Å². The lowest BCUT2D eigenvalue weighted by Crippen LogP contribution is -2.22. The van der Waals surface area contributed by atoms with Gasteiger partial charge in [-0.15, -0.1) is 11.3 Å². The Balaban J connectivity index is 2.08. The van der Waals surface area contributed by atoms with Gasteiger partial charge in [0, 0.05) is 46.8 Å². The normalized spacial score (nSPS) is 12.0. The molecule has 0 aliphatic rings. The van der Waals surface area contributed by atoms with Gasteiger partial charge in [-0.2, -0.15) is 0 Å². The Hall–Kier alpha value is -0.670. The minimum atomic E-state index is -3.48. The molecule has 0 atom stereocenters. The molecule has 5 nitrogen and oxygen atoms in total. The first-order chi connectivity index (χ1) is 9.92. The lowest BCUT2D eigenvalue weighted by Gasteiger charge is -2.02. The van der Waals surface area contributed by atoms with Crippen LogP contribution in [0, 0.1) is 0 Å². The van der Waals surface area contributed by atoms with Crippen LogP contribution in [0.2, 0.25) is 0 Å². The van der Waals surface area contributed by atoms with Crippen LogP contribution in [-0.4, -0.2) is 19.5 Å². The number of thiophene rings is 1. The zero-order valence-electron chi connectivity index (χ0n) is 11.9. The summed E-state index contributed by atoms with van der Waals surface area (Å²) in [6, 6.07) is 3.62. The van der Waals surface area contributed by atoms with Crippen LogP contribution in [-0.2, 0) is 30.2 Å². The van der Waals surface area contributed by atoms with Crippen LogP contribution in [0.3, 0.4) is 0 Å². The van der Waals surface area contributed by atoms with E-state index in [1.807, 2.05) is 30.0 Å². The first-order valence-electron chi connectivity index (χ1n) is 6.51. The van der Waals surface area contributed by atoms with E-state index < -0.39 is 10.0 Å². The van der Waals surface area contributed by atoms with Gasteiger partial charge in [0.2, 0.25) is 10.0 Å². The van der Waals surface area contributed by atoms with Crippen molar-refractivity contribution in [2.75, 3.05) is 6.54 Å². The molecule has 2 heterocycles. The highest BCUT2D eigenvalue weighted by atomic mass is 79.9. The van der Waals surface area contributed by atoms with Gasteiger partial charge in [0.15, 0.2) is 0 Å². The van der Waals surface area contributed by atoms with Gasteiger partial charge in [0.1, 0.15) is 0 Å². The largest absolute Gasteiger partial charge is 0.352 e. The zero-order valence-corrected chi connectivity index (χ0v) is 15.1. The molecule has 0 radical (unpaired) electrons. The van der Waals surface area contributed by atoms with Gasteiger partial charge in [-0.05, 0) is 34.6 Å². The molecule has 0 fully saturated rings. The summed E-state index contributed by atoms with van der Waals surface area (Å²) in [5, 5.41) is 5.12. The third-order valence-corrected chi connectivity index (χ3v) is 6.07. The second-order valence-electron chi connectivity index (χ2n) is 4.61. The second kappa shape index (κ2) is 7.06. The van der Waals surface area contributed by atoms with E-state index in [1.165, 1.54) is 11.3 Å². The van der Waals surface area contributed by atoms with Crippen molar-refractivity contribution in [3.63, 3.8) is 0 Å². The average Bonchev–Trinajstić information content (AvgIpc) is 3.01. The molecule has 0 aliphatic carbocycles. The number of nitrogens with one attached hydrogen (secondary N) is 2. The quantitative estimate of drug-likeness (QED) is 0.761. The third-order valence-electron chi connectivity index (χ3n) is 3.01. The molecule has 0 saturated heterocycles. The summed E-state index contributed by atoms with van der Waals surface area (Å²) in [7, 11) is -1.63. The molecule has 21 heavy (non-hydrogen) atoms. The Morgan fingerprint density at radius 3 is 2.71 bits per heavy atom. The number of rotatable bonds is 7. The average molecular weight is 392 g/mol. The van der Waals surface area contributed by atoms with Crippen molar-refractivity contribution in [1.82, 2.24) is 14.6 Å². The molecule has 2 N–H and O–H groups in total. The second-order valence-corrected chi connectivity index (χ2v) is 8.29. The van der Waals surface area contributed by atoms with E-state index in [0.717, 1.165) is 21.6 Å². The number of hydrogen-bond acceptors (Lipinski definition) is 4. The highest BCUT2D eigenvalue weighted by molar-refractivity contribution is 9.10. The van der Waals surface area contributed by atoms with E-state index in [1.54, 1.807) is 12.3 Å². The number of nitrogens with zero attached hydrogens (tertiary/aromatic N) is 1. The molecule has 2 rings (SSSR count). The van der Waals surface area contributed by atoms with Crippen LogP contribution in [0.1, 0.15) is 17.5 Å². The van der Waals surface area contributed by atoms with Crippen molar-refractivity contribution in [2.45, 2.75) is 24.9 Å². The molecule has 2 aromatic rings. The summed E-state index contributed by atoms with van der Waals surface area (Å²) < 4.78 is 30.0. The molecule has 0 saturated carbocycles. The molecule has 116 valence electrons. The standard InChI is InChI=1S/C13H18BrN3O2S2/c1-3-15-6-11-5-13(8-17(11)2)21(18,19)16-7-12-4-10(14)9-20-12/h4-5,8-9,15-16H,3,6-7H2,1-2H3. The summed E-state index contributed by atoms with van der Waals surface area (Å²) in [5.74, 6) is 0. The molecule has 0 aliphatic heterocycles. The maximum atomic E-state index is 12.3. The predicted octanol–water partition coefficient (Wildman–Crippen LogP) is 2.44. The van der Waals surface area contributed by atoms with E-state index in [9.17, 15) is 8.42 Å². The minimum absolute atomic E-state index is 0.300. The monoisotopic (exact) mass is 391 g/mol. The van der Waals surface area contributed by atoms with Crippen molar-refractivity contribution in [3.05, 3.63) is 38.8 Å². The smallest absolute Gasteiger partial charge is 0.242 e. The van der Waals surface area contributed by atoms with Crippen molar-refractivity contribution >= 4 is 37.3 Å². The fourth-order valence-electron chi connectivity index (χ4n) is 1.85. The van der Waals surface area contributed by atoms with Crippen molar-refractivity contribution in [1.29, 1.82) is 0 Å². The summed E-state index contributed by atoms with van der Waals surface area (Å²) in [6.45, 7) is 3.82. The van der Waals surface area contributed by atoms with Gasteiger partial charge in [-0.1, -0.05) is 6.92 Å². The van der Waals surface area contributed by atoms with Gasteiger partial charge >= 0.3 is 0 Å². The molecule has 8 heteroatoms. The van der Waals surface area contributed by atoms with Crippen molar-refractivity contribution in [3.8, 4) is 0 Å². The van der Waals surface area contributed by atoms with Gasteiger partial charge in [-0.25, -0.2) is 13.1 Å². The minimum Gasteiger partial charge on any atom is -0.352 e. The lowest BCUT2D eigenvalue weighted by molar-refractivity contribution is 0.581. The van der Waals surface area contributed by atoms with Crippen molar-refractivity contribution < 1.29 is 8.42 Å². The van der Waals surface area contributed by atoms with E-state index in [-0.39, 0.29) is 0 Å². The van der Waals surface area contributed by atoms with Gasteiger partial charge < -0.3 is 9.88 Å². The summed E-state index contributed by atoms with van der Waals surface area (Å²) in [4.78, 5) is 1.27. The number of sulfonamides is 1. The first-order valence-corrected chi connectivity index (χ1v) is 9.66. The number of aromatic nitrogens is 1. The molecule has 0 bridgehead atoms. The number of halogens is 1. The van der Waals surface area contributed by atoms with E-state index in [0.29, 0.717) is 18.0 Å². The maximum Gasteiger partial charge on any atom is 0.242 e. The Kier molecular flexibility index (Phi) is 5.61. The highest BCUT2D eigenvalue weighted by Gasteiger charge is 2.17. The Morgan fingerprint density at radius 1 is 1.33 bits per heavy atom. The van der Waals surface area contributed by atoms with Crippen molar-refractivity contribution in [2.24, 2.45) is 7.05 Å². The highest BCUT2D eigenvalue weighted by Crippen LogP contribution is 2.20.